The van der Waals surface area contributed by atoms with Crippen molar-refractivity contribution in [2.45, 2.75) is 31.7 Å². The van der Waals surface area contributed by atoms with Gasteiger partial charge in [0, 0.05) is 0 Å². The number of hydrogen-bond donors (Lipinski definition) is 4. The first-order chi connectivity index (χ1) is 7.17. The van der Waals surface area contributed by atoms with Gasteiger partial charge in [-0.2, -0.15) is 0 Å². The SMILES string of the molecule is CC(O)OC(=O)CC(O)(CC(=O)O)C(=O)O. The monoisotopic (exact) mass is 236 g/mol. The van der Waals surface area contributed by atoms with E-state index in [-0.39, 0.29) is 0 Å². The highest BCUT2D eigenvalue weighted by atomic mass is 16.6. The summed E-state index contributed by atoms with van der Waals surface area (Å²) in [5.41, 5.74) is -2.74. The first-order valence-corrected chi connectivity index (χ1v) is 4.22. The van der Waals surface area contributed by atoms with Gasteiger partial charge in [-0.05, 0) is 6.92 Å². The van der Waals surface area contributed by atoms with E-state index in [1.807, 2.05) is 0 Å². The van der Waals surface area contributed by atoms with Crippen LogP contribution in [0.15, 0.2) is 0 Å². The van der Waals surface area contributed by atoms with E-state index >= 15 is 0 Å². The van der Waals surface area contributed by atoms with Crippen LogP contribution in [0, 0.1) is 0 Å². The summed E-state index contributed by atoms with van der Waals surface area (Å²) in [7, 11) is 0. The van der Waals surface area contributed by atoms with Gasteiger partial charge in [0.15, 0.2) is 11.9 Å². The third kappa shape index (κ3) is 4.71. The van der Waals surface area contributed by atoms with E-state index in [0.717, 1.165) is 6.92 Å². The maximum atomic E-state index is 11.0. The second-order valence-corrected chi connectivity index (χ2v) is 3.17. The molecule has 0 saturated carbocycles. The summed E-state index contributed by atoms with van der Waals surface area (Å²) in [6.07, 6.45) is -3.66. The maximum absolute atomic E-state index is 11.0. The number of hydrogen-bond acceptors (Lipinski definition) is 6. The average Bonchev–Trinajstić information content (AvgIpc) is 1.98. The van der Waals surface area contributed by atoms with Crippen LogP contribution < -0.4 is 0 Å². The molecule has 0 aromatic carbocycles. The summed E-state index contributed by atoms with van der Waals surface area (Å²) < 4.78 is 4.18. The molecule has 0 aliphatic carbocycles. The molecule has 0 aliphatic rings. The fraction of sp³-hybridized carbons (Fsp3) is 0.625. The summed E-state index contributed by atoms with van der Waals surface area (Å²) in [5, 5.41) is 35.0. The number of carboxylic acid groups (broad SMARTS) is 2. The van der Waals surface area contributed by atoms with Crippen LogP contribution in [-0.2, 0) is 19.1 Å². The number of ether oxygens (including phenoxy) is 1. The van der Waals surface area contributed by atoms with Crippen molar-refractivity contribution in [2.75, 3.05) is 0 Å². The Morgan fingerprint density at radius 1 is 1.25 bits per heavy atom. The van der Waals surface area contributed by atoms with Crippen LogP contribution in [0.1, 0.15) is 19.8 Å². The van der Waals surface area contributed by atoms with Gasteiger partial charge in [-0.25, -0.2) is 4.79 Å². The van der Waals surface area contributed by atoms with Crippen LogP contribution >= 0.6 is 0 Å². The molecule has 0 spiro atoms. The molecule has 92 valence electrons. The second kappa shape index (κ2) is 5.42. The van der Waals surface area contributed by atoms with Crippen LogP contribution in [0.5, 0.6) is 0 Å². The van der Waals surface area contributed by atoms with Gasteiger partial charge in [-0.15, -0.1) is 0 Å². The highest BCUT2D eigenvalue weighted by molar-refractivity contribution is 5.88. The maximum Gasteiger partial charge on any atom is 0.336 e. The number of aliphatic carboxylic acids is 2. The first-order valence-electron chi connectivity index (χ1n) is 4.22. The topological polar surface area (TPSA) is 141 Å². The third-order valence-corrected chi connectivity index (χ3v) is 1.58. The van der Waals surface area contributed by atoms with Gasteiger partial charge in [-0.1, -0.05) is 0 Å². The van der Waals surface area contributed by atoms with Crippen molar-refractivity contribution in [3.63, 3.8) is 0 Å². The summed E-state index contributed by atoms with van der Waals surface area (Å²) in [5.74, 6) is -4.63. The second-order valence-electron chi connectivity index (χ2n) is 3.17. The summed E-state index contributed by atoms with van der Waals surface area (Å²) in [6.45, 7) is 1.11. The van der Waals surface area contributed by atoms with Crippen molar-refractivity contribution in [1.82, 2.24) is 0 Å². The van der Waals surface area contributed by atoms with Crippen LogP contribution in [-0.4, -0.2) is 50.2 Å². The molecule has 0 aromatic heterocycles. The zero-order chi connectivity index (χ0) is 12.9. The van der Waals surface area contributed by atoms with Gasteiger partial charge in [0.25, 0.3) is 0 Å². The van der Waals surface area contributed by atoms with E-state index in [9.17, 15) is 19.5 Å². The fourth-order valence-electron chi connectivity index (χ4n) is 0.935. The summed E-state index contributed by atoms with van der Waals surface area (Å²) >= 11 is 0. The molecule has 0 aromatic rings. The van der Waals surface area contributed by atoms with Gasteiger partial charge < -0.3 is 25.2 Å². The highest BCUT2D eigenvalue weighted by Gasteiger charge is 2.41. The number of carboxylic acids is 2. The van der Waals surface area contributed by atoms with E-state index in [1.165, 1.54) is 0 Å². The molecule has 8 heteroatoms. The van der Waals surface area contributed by atoms with Crippen LogP contribution in [0.3, 0.4) is 0 Å². The predicted molar refractivity (Wildman–Crippen MR) is 47.2 cm³/mol. The van der Waals surface area contributed by atoms with Crippen LogP contribution in [0.2, 0.25) is 0 Å². The minimum atomic E-state index is -2.74. The molecule has 0 radical (unpaired) electrons. The first kappa shape index (κ1) is 14.3. The lowest BCUT2D eigenvalue weighted by Gasteiger charge is -2.20. The van der Waals surface area contributed by atoms with Crippen LogP contribution in [0.25, 0.3) is 0 Å². The standard InChI is InChI=1S/C8H12O8/c1-4(9)16-6(12)3-8(15,7(13)14)2-5(10)11/h4,9,15H,2-3H2,1H3,(H,10,11)(H,13,14). The zero-order valence-corrected chi connectivity index (χ0v) is 8.41. The number of carbonyl (C=O) groups is 3. The van der Waals surface area contributed by atoms with Gasteiger partial charge >= 0.3 is 17.9 Å². The van der Waals surface area contributed by atoms with E-state index in [1.54, 1.807) is 0 Å². The lowest BCUT2D eigenvalue weighted by molar-refractivity contribution is -0.180. The van der Waals surface area contributed by atoms with Gasteiger partial charge in [0.1, 0.15) is 0 Å². The fourth-order valence-corrected chi connectivity index (χ4v) is 0.935. The molecule has 0 bridgehead atoms. The predicted octanol–water partition coefficient (Wildman–Crippen LogP) is -1.45. The largest absolute Gasteiger partial charge is 0.481 e. The lowest BCUT2D eigenvalue weighted by atomic mass is 9.96. The number of aliphatic hydroxyl groups is 2. The zero-order valence-electron chi connectivity index (χ0n) is 8.41. The number of rotatable bonds is 6. The molecule has 0 aliphatic heterocycles. The summed E-state index contributed by atoms with van der Waals surface area (Å²) in [6, 6.07) is 0. The summed E-state index contributed by atoms with van der Waals surface area (Å²) in [4.78, 5) is 31.8. The number of aliphatic hydroxyl groups excluding tert-OH is 1. The Labute approximate surface area is 90.1 Å². The van der Waals surface area contributed by atoms with Crippen molar-refractivity contribution in [1.29, 1.82) is 0 Å². The Hall–Kier alpha value is -1.67. The van der Waals surface area contributed by atoms with E-state index in [0.29, 0.717) is 0 Å². The molecule has 4 N–H and O–H groups in total. The Morgan fingerprint density at radius 2 is 1.75 bits per heavy atom. The van der Waals surface area contributed by atoms with Crippen molar-refractivity contribution in [3.8, 4) is 0 Å². The number of esters is 1. The Morgan fingerprint density at radius 3 is 2.06 bits per heavy atom. The van der Waals surface area contributed by atoms with Gasteiger partial charge in [0.2, 0.25) is 0 Å². The van der Waals surface area contributed by atoms with Crippen molar-refractivity contribution < 1.29 is 39.5 Å². The third-order valence-electron chi connectivity index (χ3n) is 1.58. The lowest BCUT2D eigenvalue weighted by Crippen LogP contribution is -2.43. The molecular formula is C8H12O8. The average molecular weight is 236 g/mol. The molecule has 2 unspecified atom stereocenters. The Kier molecular flexibility index (Phi) is 4.86. The molecule has 0 fully saturated rings. The van der Waals surface area contributed by atoms with Gasteiger partial charge in [0.05, 0.1) is 12.8 Å². The molecule has 0 amide bonds. The number of carbonyl (C=O) groups excluding carboxylic acids is 1. The smallest absolute Gasteiger partial charge is 0.336 e. The minimum Gasteiger partial charge on any atom is -0.481 e. The highest BCUT2D eigenvalue weighted by Crippen LogP contribution is 2.17. The van der Waals surface area contributed by atoms with E-state index < -0.39 is 42.6 Å². The normalized spacial score (nSPS) is 15.9. The van der Waals surface area contributed by atoms with Crippen molar-refractivity contribution in [2.24, 2.45) is 0 Å². The molecule has 2 atom stereocenters. The van der Waals surface area contributed by atoms with Gasteiger partial charge in [-0.3, -0.25) is 9.59 Å². The quantitative estimate of drug-likeness (QED) is 0.324. The van der Waals surface area contributed by atoms with E-state index in [2.05, 4.69) is 4.74 Å². The molecule has 0 rings (SSSR count). The molecular weight excluding hydrogens is 224 g/mol. The Balaban J connectivity index is 4.62. The molecule has 0 heterocycles. The molecule has 0 saturated heterocycles. The minimum absolute atomic E-state index is 1.06. The Bertz CT molecular complexity index is 296. The molecule has 8 nitrogen and oxygen atoms in total. The molecule has 16 heavy (non-hydrogen) atoms. The van der Waals surface area contributed by atoms with Crippen molar-refractivity contribution >= 4 is 17.9 Å². The van der Waals surface area contributed by atoms with Crippen LogP contribution in [0.4, 0.5) is 0 Å². The van der Waals surface area contributed by atoms with Crippen molar-refractivity contribution in [3.05, 3.63) is 0 Å². The van der Waals surface area contributed by atoms with E-state index in [4.69, 9.17) is 15.3 Å².